The summed E-state index contributed by atoms with van der Waals surface area (Å²) >= 11 is 0. The highest BCUT2D eigenvalue weighted by Crippen LogP contribution is 2.56. The topological polar surface area (TPSA) is 86.9 Å². The fraction of sp³-hybridized carbons (Fsp3) is 0.263. The lowest BCUT2D eigenvalue weighted by molar-refractivity contribution is -0.153. The van der Waals surface area contributed by atoms with Crippen molar-refractivity contribution < 1.29 is 36.0 Å². The fourth-order valence-corrected chi connectivity index (χ4v) is 5.80. The molecule has 3 aromatic rings. The molecular weight excluding hydrogens is 439 g/mol. The molecule has 0 saturated heterocycles. The summed E-state index contributed by atoms with van der Waals surface area (Å²) in [6, 6.07) is 5.46. The quantitative estimate of drug-likeness (QED) is 0.592. The Hall–Kier alpha value is -3.28. The van der Waals surface area contributed by atoms with Crippen LogP contribution in [0.3, 0.4) is 0 Å². The van der Waals surface area contributed by atoms with Crippen LogP contribution >= 0.6 is 0 Å². The molecule has 0 radical (unpaired) electrons. The zero-order valence-electron chi connectivity index (χ0n) is 15.5. The monoisotopic (exact) mass is 451 g/mol. The molecule has 31 heavy (non-hydrogen) atoms. The Bertz CT molecular complexity index is 1250. The van der Waals surface area contributed by atoms with E-state index in [1.165, 1.54) is 16.7 Å². The van der Waals surface area contributed by atoms with Crippen molar-refractivity contribution in [2.75, 3.05) is 17.7 Å². The van der Waals surface area contributed by atoms with Crippen molar-refractivity contribution in [3.05, 3.63) is 59.4 Å². The number of hydrogen-bond acceptors (Lipinski definition) is 7. The van der Waals surface area contributed by atoms with Gasteiger partial charge in [-0.15, -0.1) is 0 Å². The third-order valence-corrected chi connectivity index (χ3v) is 7.30. The summed E-state index contributed by atoms with van der Waals surface area (Å²) in [6.07, 6.45) is -1.77. The van der Waals surface area contributed by atoms with Crippen LogP contribution in [-0.2, 0) is 28.5 Å². The predicted molar refractivity (Wildman–Crippen MR) is 98.9 cm³/mol. The van der Waals surface area contributed by atoms with Crippen LogP contribution in [0.25, 0.3) is 0 Å². The number of hydrogen-bond donors (Lipinski definition) is 0. The number of anilines is 1. The number of alkyl halides is 3. The highest BCUT2D eigenvalue weighted by Gasteiger charge is 2.58. The summed E-state index contributed by atoms with van der Waals surface area (Å²) in [5, 5.41) is 0. The molecule has 1 aromatic carbocycles. The van der Waals surface area contributed by atoms with Crippen LogP contribution in [-0.4, -0.2) is 27.6 Å². The summed E-state index contributed by atoms with van der Waals surface area (Å²) in [4.78, 5) is 8.33. The van der Waals surface area contributed by atoms with E-state index in [0.29, 0.717) is 34.2 Å². The van der Waals surface area contributed by atoms with Crippen molar-refractivity contribution in [2.24, 2.45) is 0 Å². The second-order valence-electron chi connectivity index (χ2n) is 7.13. The Morgan fingerprint density at radius 1 is 1.10 bits per heavy atom. The summed E-state index contributed by atoms with van der Waals surface area (Å²) in [5.74, 6) is 0.744. The molecule has 2 atom stereocenters. The lowest BCUT2D eigenvalue weighted by Gasteiger charge is -2.23. The third kappa shape index (κ3) is 2.51. The Kier molecular flexibility index (Phi) is 3.65. The van der Waals surface area contributed by atoms with Crippen molar-refractivity contribution in [3.8, 4) is 17.2 Å². The average molecular weight is 451 g/mol. The third-order valence-electron chi connectivity index (χ3n) is 5.44. The molecule has 0 aliphatic carbocycles. The van der Waals surface area contributed by atoms with Crippen molar-refractivity contribution in [1.82, 2.24) is 9.97 Å². The maximum absolute atomic E-state index is 13.8. The molecule has 3 aliphatic rings. The van der Waals surface area contributed by atoms with Gasteiger partial charge in [0.1, 0.15) is 41.2 Å². The van der Waals surface area contributed by atoms with Crippen molar-refractivity contribution >= 4 is 16.8 Å². The van der Waals surface area contributed by atoms with Crippen LogP contribution in [0.15, 0.2) is 41.2 Å². The normalized spacial score (nSPS) is 23.2. The van der Waals surface area contributed by atoms with Crippen molar-refractivity contribution in [3.63, 3.8) is 0 Å². The van der Waals surface area contributed by atoms with Gasteiger partial charge in [-0.3, -0.25) is 4.31 Å². The SMILES string of the molecule is O=S1N(Cc2ccc(C(F)(F)F)o2)c2ncncc2C12COc1cc3c(cc12)OCO3. The molecule has 2 unspecified atom stereocenters. The first-order chi connectivity index (χ1) is 14.9. The molecule has 160 valence electrons. The lowest BCUT2D eigenvalue weighted by atomic mass is 9.93. The molecule has 0 N–H and O–H groups in total. The molecule has 0 fully saturated rings. The zero-order valence-corrected chi connectivity index (χ0v) is 16.3. The van der Waals surface area contributed by atoms with Gasteiger partial charge in [-0.25, -0.2) is 14.2 Å². The molecule has 8 nitrogen and oxygen atoms in total. The first kappa shape index (κ1) is 18.5. The number of rotatable bonds is 2. The minimum atomic E-state index is -4.61. The summed E-state index contributed by atoms with van der Waals surface area (Å²) < 4.78 is 74.5. The first-order valence-electron chi connectivity index (χ1n) is 9.11. The van der Waals surface area contributed by atoms with Gasteiger partial charge in [0.25, 0.3) is 0 Å². The maximum Gasteiger partial charge on any atom is 0.449 e. The van der Waals surface area contributed by atoms with Gasteiger partial charge in [-0.1, -0.05) is 0 Å². The van der Waals surface area contributed by atoms with Gasteiger partial charge < -0.3 is 18.6 Å². The smallest absolute Gasteiger partial charge is 0.449 e. The summed E-state index contributed by atoms with van der Waals surface area (Å²) in [6.45, 7) is -0.0603. The lowest BCUT2D eigenvalue weighted by Crippen LogP contribution is -2.36. The Balaban J connectivity index is 1.44. The molecule has 3 aliphatic heterocycles. The Morgan fingerprint density at radius 3 is 2.68 bits per heavy atom. The highest BCUT2D eigenvalue weighted by molar-refractivity contribution is 7.88. The second kappa shape index (κ2) is 6.13. The minimum absolute atomic E-state index is 0.00659. The summed E-state index contributed by atoms with van der Waals surface area (Å²) in [7, 11) is -1.79. The van der Waals surface area contributed by atoms with E-state index in [1.54, 1.807) is 18.3 Å². The first-order valence-corrected chi connectivity index (χ1v) is 10.2. The molecule has 12 heteroatoms. The van der Waals surface area contributed by atoms with E-state index in [4.69, 9.17) is 18.6 Å². The van der Waals surface area contributed by atoms with E-state index in [-0.39, 0.29) is 25.7 Å². The van der Waals surface area contributed by atoms with Crippen LogP contribution in [0.1, 0.15) is 22.6 Å². The molecule has 0 bridgehead atoms. The number of benzene rings is 1. The van der Waals surface area contributed by atoms with E-state index in [9.17, 15) is 17.4 Å². The van der Waals surface area contributed by atoms with Crippen molar-refractivity contribution in [2.45, 2.75) is 17.5 Å². The Labute approximate surface area is 175 Å². The van der Waals surface area contributed by atoms with Gasteiger partial charge >= 0.3 is 6.18 Å². The second-order valence-corrected chi connectivity index (χ2v) is 8.76. The van der Waals surface area contributed by atoms with E-state index < -0.39 is 27.7 Å². The molecule has 6 rings (SSSR count). The molecule has 2 aromatic heterocycles. The highest BCUT2D eigenvalue weighted by atomic mass is 32.2. The van der Waals surface area contributed by atoms with E-state index >= 15 is 0 Å². The van der Waals surface area contributed by atoms with Gasteiger partial charge in [0.15, 0.2) is 16.2 Å². The van der Waals surface area contributed by atoms with Crippen LogP contribution < -0.4 is 18.5 Å². The van der Waals surface area contributed by atoms with Gasteiger partial charge in [0.05, 0.1) is 6.54 Å². The number of aromatic nitrogens is 2. The van der Waals surface area contributed by atoms with E-state index in [0.717, 1.165) is 6.07 Å². The van der Waals surface area contributed by atoms with Gasteiger partial charge in [0.2, 0.25) is 12.6 Å². The molecule has 1 spiro atoms. The van der Waals surface area contributed by atoms with Crippen LogP contribution in [0.5, 0.6) is 17.2 Å². The largest absolute Gasteiger partial charge is 0.491 e. The Morgan fingerprint density at radius 2 is 1.90 bits per heavy atom. The van der Waals surface area contributed by atoms with Gasteiger partial charge in [0, 0.05) is 23.4 Å². The van der Waals surface area contributed by atoms with Crippen LogP contribution in [0, 0.1) is 0 Å². The zero-order chi connectivity index (χ0) is 21.4. The van der Waals surface area contributed by atoms with E-state index in [2.05, 4.69) is 9.97 Å². The number of halogens is 3. The van der Waals surface area contributed by atoms with Gasteiger partial charge in [-0.05, 0) is 18.2 Å². The number of ether oxygens (including phenoxy) is 3. The van der Waals surface area contributed by atoms with Gasteiger partial charge in [-0.2, -0.15) is 13.2 Å². The number of nitrogens with zero attached hydrogens (tertiary/aromatic N) is 3. The number of furan rings is 1. The number of fused-ring (bicyclic) bond motifs is 5. The summed E-state index contributed by atoms with van der Waals surface area (Å²) in [5.41, 5.74) is 1.16. The fourth-order valence-electron chi connectivity index (χ4n) is 4.04. The molecule has 0 amide bonds. The molecule has 0 saturated carbocycles. The predicted octanol–water partition coefficient (Wildman–Crippen LogP) is 3.14. The van der Waals surface area contributed by atoms with Crippen molar-refractivity contribution in [1.29, 1.82) is 0 Å². The molecule has 5 heterocycles. The maximum atomic E-state index is 13.8. The minimum Gasteiger partial charge on any atom is -0.491 e. The average Bonchev–Trinajstić information content (AvgIpc) is 3.50. The molecular formula is C19H12F3N3O5S. The van der Waals surface area contributed by atoms with E-state index in [1.807, 2.05) is 0 Å². The van der Waals surface area contributed by atoms with Crippen LogP contribution in [0.4, 0.5) is 19.0 Å². The van der Waals surface area contributed by atoms with Crippen LogP contribution in [0.2, 0.25) is 0 Å². The standard InChI is InChI=1S/C19H12F3N3O5S/c20-19(21,22)16-2-1-10(30-16)6-25-17-12(5-23-8-24-17)18(31(25)26)7-27-13-4-15-14(3-11(13)18)28-9-29-15/h1-5,8H,6-7,9H2.